The van der Waals surface area contributed by atoms with Crippen LogP contribution in [-0.2, 0) is 5.41 Å². The number of hydrogen-bond donors (Lipinski definition) is 0. The first kappa shape index (κ1) is 35.1. The number of anilines is 6. The van der Waals surface area contributed by atoms with Crippen LogP contribution in [-0.4, -0.2) is 0 Å². The third kappa shape index (κ3) is 4.97. The molecule has 0 aliphatic heterocycles. The maximum Gasteiger partial charge on any atom is 0.0727 e. The smallest absolute Gasteiger partial charge is 0.0727 e. The third-order valence-corrected chi connectivity index (χ3v) is 14.4. The molecule has 1 heterocycles. The summed E-state index contributed by atoms with van der Waals surface area (Å²) in [5.41, 5.74) is 16.6. The first-order valence-corrected chi connectivity index (χ1v) is 22.2. The van der Waals surface area contributed by atoms with E-state index in [-0.39, 0.29) is 0 Å². The van der Waals surface area contributed by atoms with Crippen molar-refractivity contribution in [3.05, 3.63) is 253 Å². The lowest BCUT2D eigenvalue weighted by atomic mass is 9.70. The number of fused-ring (bicyclic) bond motifs is 15. The number of thiophene rings is 1. The Kier molecular flexibility index (Phi) is 7.72. The van der Waals surface area contributed by atoms with Crippen LogP contribution in [0, 0.1) is 0 Å². The predicted octanol–water partition coefficient (Wildman–Crippen LogP) is 16.5. The first-order chi connectivity index (χ1) is 30.8. The van der Waals surface area contributed by atoms with Gasteiger partial charge in [-0.1, -0.05) is 158 Å². The van der Waals surface area contributed by atoms with Gasteiger partial charge in [-0.2, -0.15) is 0 Å². The van der Waals surface area contributed by atoms with Crippen LogP contribution in [0.5, 0.6) is 0 Å². The summed E-state index contributed by atoms with van der Waals surface area (Å²) in [6.07, 6.45) is 0. The zero-order chi connectivity index (χ0) is 40.8. The Morgan fingerprint density at radius 3 is 1.50 bits per heavy atom. The van der Waals surface area contributed by atoms with E-state index in [0.717, 1.165) is 34.1 Å². The average molecular weight is 807 g/mol. The van der Waals surface area contributed by atoms with E-state index in [1.54, 1.807) is 0 Å². The van der Waals surface area contributed by atoms with Gasteiger partial charge < -0.3 is 9.80 Å². The molecule has 0 radical (unpaired) electrons. The predicted molar refractivity (Wildman–Crippen MR) is 263 cm³/mol. The van der Waals surface area contributed by atoms with Crippen molar-refractivity contribution in [1.82, 2.24) is 0 Å². The molecule has 0 fully saturated rings. The maximum atomic E-state index is 2.55. The molecule has 1 atom stereocenters. The van der Waals surface area contributed by atoms with Crippen LogP contribution in [0.4, 0.5) is 34.1 Å². The molecule has 1 aromatic heterocycles. The van der Waals surface area contributed by atoms with Gasteiger partial charge in [0.25, 0.3) is 0 Å². The largest absolute Gasteiger partial charge is 0.310 e. The Hall–Kier alpha value is -7.72. The van der Waals surface area contributed by atoms with E-state index >= 15 is 0 Å². The van der Waals surface area contributed by atoms with Crippen molar-refractivity contribution in [3.8, 4) is 22.3 Å². The van der Waals surface area contributed by atoms with E-state index in [0.29, 0.717) is 0 Å². The molecule has 62 heavy (non-hydrogen) atoms. The second kappa shape index (κ2) is 13.7. The Labute approximate surface area is 364 Å². The zero-order valence-electron chi connectivity index (χ0n) is 33.7. The molecule has 0 saturated carbocycles. The molecule has 13 rings (SSSR count). The normalized spacial score (nSPS) is 14.5. The minimum atomic E-state index is -0.580. The fraction of sp³-hybridized carbons (Fsp3) is 0.0169. The van der Waals surface area contributed by atoms with Gasteiger partial charge in [0.1, 0.15) is 0 Å². The summed E-state index contributed by atoms with van der Waals surface area (Å²) in [5.74, 6) is 0. The molecule has 0 amide bonds. The van der Waals surface area contributed by atoms with E-state index < -0.39 is 5.41 Å². The highest BCUT2D eigenvalue weighted by molar-refractivity contribution is 7.25. The summed E-state index contributed by atoms with van der Waals surface area (Å²) in [6, 6.07) is 85.3. The molecular weight excluding hydrogens is 769 g/mol. The Bertz CT molecular complexity index is 3500. The highest BCUT2D eigenvalue weighted by Crippen LogP contribution is 2.65. The van der Waals surface area contributed by atoms with Crippen LogP contribution < -0.4 is 9.80 Å². The van der Waals surface area contributed by atoms with E-state index in [1.807, 2.05) is 11.3 Å². The van der Waals surface area contributed by atoms with Gasteiger partial charge in [-0.15, -0.1) is 11.3 Å². The van der Waals surface area contributed by atoms with Crippen LogP contribution in [0.2, 0.25) is 0 Å². The number of para-hydroxylation sites is 3. The lowest BCUT2D eigenvalue weighted by molar-refractivity contribution is 0.794. The fourth-order valence-electron chi connectivity index (χ4n) is 10.7. The van der Waals surface area contributed by atoms with Crippen LogP contribution in [0.1, 0.15) is 22.3 Å². The molecular formula is C59H38N2S. The van der Waals surface area contributed by atoms with E-state index in [2.05, 4.69) is 240 Å². The number of hydrogen-bond acceptors (Lipinski definition) is 3. The van der Waals surface area contributed by atoms with Gasteiger partial charge in [0.2, 0.25) is 0 Å². The summed E-state index contributed by atoms with van der Waals surface area (Å²) in [5, 5.41) is 5.08. The second-order valence-electron chi connectivity index (χ2n) is 16.4. The molecule has 290 valence electrons. The topological polar surface area (TPSA) is 6.48 Å². The van der Waals surface area contributed by atoms with Crippen LogP contribution in [0.15, 0.2) is 231 Å². The van der Waals surface area contributed by atoms with Crippen molar-refractivity contribution in [1.29, 1.82) is 0 Å². The Morgan fingerprint density at radius 1 is 0.290 bits per heavy atom. The molecule has 1 unspecified atom stereocenters. The summed E-state index contributed by atoms with van der Waals surface area (Å²) >= 11 is 1.87. The summed E-state index contributed by atoms with van der Waals surface area (Å²) < 4.78 is 2.59. The van der Waals surface area contributed by atoms with Crippen molar-refractivity contribution < 1.29 is 0 Å². The molecule has 1 spiro atoms. The van der Waals surface area contributed by atoms with Gasteiger partial charge in [0, 0.05) is 54.0 Å². The van der Waals surface area contributed by atoms with E-state index in [4.69, 9.17) is 0 Å². The minimum absolute atomic E-state index is 0.580. The zero-order valence-corrected chi connectivity index (χ0v) is 34.6. The number of rotatable bonds is 6. The quantitative estimate of drug-likeness (QED) is 0.165. The monoisotopic (exact) mass is 806 g/mol. The summed E-state index contributed by atoms with van der Waals surface area (Å²) in [7, 11) is 0. The van der Waals surface area contributed by atoms with Gasteiger partial charge >= 0.3 is 0 Å². The minimum Gasteiger partial charge on any atom is -0.310 e. The molecule has 0 bridgehead atoms. The van der Waals surface area contributed by atoms with Gasteiger partial charge in [-0.05, 0) is 123 Å². The standard InChI is InChI=1S/C59H38N2S/c1-4-18-39(19-5-1)60(40-20-6-2-7-21-40)42-32-34-45-44-24-12-15-29-51(44)59(53(45)36-42)52-30-16-13-28-50(52)58-49-27-11-10-25-46(49)55(38-54(58)59)61(41-22-8-3-9-23-41)43-33-35-48-47-26-14-17-31-56(47)62-57(48)37-43/h1-38H. The Morgan fingerprint density at radius 2 is 0.790 bits per heavy atom. The van der Waals surface area contributed by atoms with Gasteiger partial charge in [-0.25, -0.2) is 0 Å². The number of benzene rings is 10. The molecule has 11 aromatic rings. The Balaban J connectivity index is 1.12. The molecule has 2 aliphatic rings. The summed E-state index contributed by atoms with van der Waals surface area (Å²) in [4.78, 5) is 4.89. The van der Waals surface area contributed by atoms with Crippen LogP contribution in [0.25, 0.3) is 53.2 Å². The molecule has 3 heteroatoms. The van der Waals surface area contributed by atoms with Gasteiger partial charge in [0.15, 0.2) is 0 Å². The lowest BCUT2D eigenvalue weighted by Gasteiger charge is -2.34. The van der Waals surface area contributed by atoms with E-state index in [9.17, 15) is 0 Å². The molecule has 2 nitrogen and oxygen atoms in total. The molecule has 2 aliphatic carbocycles. The van der Waals surface area contributed by atoms with Gasteiger partial charge in [-0.3, -0.25) is 0 Å². The lowest BCUT2D eigenvalue weighted by Crippen LogP contribution is -2.26. The summed E-state index contributed by atoms with van der Waals surface area (Å²) in [6.45, 7) is 0. The van der Waals surface area contributed by atoms with Crippen LogP contribution >= 0.6 is 11.3 Å². The first-order valence-electron chi connectivity index (χ1n) is 21.3. The second-order valence-corrected chi connectivity index (χ2v) is 17.5. The third-order valence-electron chi connectivity index (χ3n) is 13.2. The van der Waals surface area contributed by atoms with Crippen molar-refractivity contribution in [2.24, 2.45) is 0 Å². The average Bonchev–Trinajstić information content (AvgIpc) is 3.96. The molecule has 0 N–H and O–H groups in total. The van der Waals surface area contributed by atoms with E-state index in [1.165, 1.54) is 75.5 Å². The van der Waals surface area contributed by atoms with Crippen molar-refractivity contribution >= 4 is 76.4 Å². The SMILES string of the molecule is c1ccc(N(c2ccccc2)c2ccc3c(c2)C2(c4ccccc4-3)c3ccccc3-c3c2cc(N(c2ccccc2)c2ccc4c(c2)sc2ccccc24)c2ccccc32)cc1. The highest BCUT2D eigenvalue weighted by atomic mass is 32.1. The molecule has 0 saturated heterocycles. The fourth-order valence-corrected chi connectivity index (χ4v) is 11.9. The highest BCUT2D eigenvalue weighted by Gasteiger charge is 2.52. The maximum absolute atomic E-state index is 2.55. The van der Waals surface area contributed by atoms with Crippen molar-refractivity contribution in [2.75, 3.05) is 9.80 Å². The van der Waals surface area contributed by atoms with Crippen LogP contribution in [0.3, 0.4) is 0 Å². The van der Waals surface area contributed by atoms with Gasteiger partial charge in [0.05, 0.1) is 11.1 Å². The van der Waals surface area contributed by atoms with Crippen molar-refractivity contribution in [2.45, 2.75) is 5.41 Å². The van der Waals surface area contributed by atoms with Crippen molar-refractivity contribution in [3.63, 3.8) is 0 Å². The number of nitrogens with zero attached hydrogens (tertiary/aromatic N) is 2. The molecule has 10 aromatic carbocycles.